The molecular formula is C15H18S. The molecule has 0 heterocycles. The summed E-state index contributed by atoms with van der Waals surface area (Å²) >= 11 is 4.33. The first-order chi connectivity index (χ1) is 7.56. The van der Waals surface area contributed by atoms with E-state index in [1.807, 2.05) is 12.1 Å². The van der Waals surface area contributed by atoms with Crippen LogP contribution in [0.3, 0.4) is 0 Å². The topological polar surface area (TPSA) is 0 Å². The molecule has 0 saturated heterocycles. The van der Waals surface area contributed by atoms with Gasteiger partial charge in [0.05, 0.1) is 0 Å². The van der Waals surface area contributed by atoms with Crippen molar-refractivity contribution in [2.75, 3.05) is 0 Å². The van der Waals surface area contributed by atoms with Crippen LogP contribution in [-0.4, -0.2) is 0 Å². The molecule has 0 fully saturated rings. The molecule has 0 saturated carbocycles. The maximum Gasteiger partial charge on any atom is 0.00430 e. The monoisotopic (exact) mass is 230 g/mol. The van der Waals surface area contributed by atoms with Gasteiger partial charge < -0.3 is 0 Å². The average Bonchev–Trinajstić information content (AvgIpc) is 2.25. The summed E-state index contributed by atoms with van der Waals surface area (Å²) in [5, 5.41) is 0. The number of aryl methyl sites for hydroxylation is 1. The minimum absolute atomic E-state index is 1.01. The van der Waals surface area contributed by atoms with Gasteiger partial charge in [0.15, 0.2) is 0 Å². The second kappa shape index (κ2) is 5.76. The zero-order valence-electron chi connectivity index (χ0n) is 10.1. The highest BCUT2D eigenvalue weighted by molar-refractivity contribution is 7.80. The lowest BCUT2D eigenvalue weighted by Crippen LogP contribution is -1.88. The summed E-state index contributed by atoms with van der Waals surface area (Å²) in [5.74, 6) is 0. The van der Waals surface area contributed by atoms with Crippen molar-refractivity contribution >= 4 is 18.2 Å². The highest BCUT2D eigenvalue weighted by Crippen LogP contribution is 2.24. The number of benzene rings is 1. The van der Waals surface area contributed by atoms with Crippen LogP contribution < -0.4 is 0 Å². The first-order valence-electron chi connectivity index (χ1n) is 5.33. The molecule has 0 unspecified atom stereocenters. The number of thiol groups is 1. The molecule has 0 aromatic heterocycles. The number of allylic oxidation sites excluding steroid dienone is 5. The fourth-order valence-corrected chi connectivity index (χ4v) is 1.89. The molecule has 0 radical (unpaired) electrons. The van der Waals surface area contributed by atoms with Crippen molar-refractivity contribution in [3.63, 3.8) is 0 Å². The third kappa shape index (κ3) is 3.14. The maximum atomic E-state index is 4.33. The average molecular weight is 230 g/mol. The summed E-state index contributed by atoms with van der Waals surface area (Å²) in [4.78, 5) is 1.01. The largest absolute Gasteiger partial charge is 0.143 e. The smallest absolute Gasteiger partial charge is 0.00430 e. The summed E-state index contributed by atoms with van der Waals surface area (Å²) in [5.41, 5.74) is 5.10. The second-order valence-electron chi connectivity index (χ2n) is 3.90. The summed E-state index contributed by atoms with van der Waals surface area (Å²) in [7, 11) is 0. The van der Waals surface area contributed by atoms with E-state index in [1.54, 1.807) is 6.08 Å². The molecule has 0 nitrogen and oxygen atoms in total. The van der Waals surface area contributed by atoms with Crippen molar-refractivity contribution in [1.82, 2.24) is 0 Å². The molecule has 0 N–H and O–H groups in total. The molecule has 0 aliphatic rings. The van der Waals surface area contributed by atoms with Crippen LogP contribution in [0.5, 0.6) is 0 Å². The van der Waals surface area contributed by atoms with Crippen molar-refractivity contribution in [3.05, 3.63) is 59.7 Å². The predicted octanol–water partition coefficient (Wildman–Crippen LogP) is 4.82. The van der Waals surface area contributed by atoms with E-state index in [-0.39, 0.29) is 0 Å². The van der Waals surface area contributed by atoms with Gasteiger partial charge in [-0.05, 0) is 55.2 Å². The summed E-state index contributed by atoms with van der Waals surface area (Å²) in [6.07, 6.45) is 5.83. The highest BCUT2D eigenvalue weighted by Gasteiger charge is 2.02. The van der Waals surface area contributed by atoms with E-state index in [4.69, 9.17) is 0 Å². The zero-order valence-corrected chi connectivity index (χ0v) is 11.0. The fraction of sp³-hybridized carbons (Fsp3) is 0.200. The third-order valence-corrected chi connectivity index (χ3v) is 2.97. The van der Waals surface area contributed by atoms with Gasteiger partial charge in [-0.3, -0.25) is 0 Å². The van der Waals surface area contributed by atoms with Gasteiger partial charge in [0.1, 0.15) is 0 Å². The quantitative estimate of drug-likeness (QED) is 0.558. The minimum atomic E-state index is 1.01. The van der Waals surface area contributed by atoms with E-state index in [2.05, 4.69) is 58.2 Å². The van der Waals surface area contributed by atoms with Crippen molar-refractivity contribution < 1.29 is 0 Å². The van der Waals surface area contributed by atoms with Crippen LogP contribution in [0.15, 0.2) is 53.5 Å². The van der Waals surface area contributed by atoms with Crippen LogP contribution in [0.4, 0.5) is 0 Å². The molecule has 1 heteroatoms. The molecular weight excluding hydrogens is 212 g/mol. The summed E-state index contributed by atoms with van der Waals surface area (Å²) < 4.78 is 0. The van der Waals surface area contributed by atoms with Crippen molar-refractivity contribution in [1.29, 1.82) is 0 Å². The molecule has 1 aromatic carbocycles. The molecule has 0 amide bonds. The lowest BCUT2D eigenvalue weighted by Gasteiger charge is -2.09. The number of rotatable bonds is 3. The first-order valence-corrected chi connectivity index (χ1v) is 5.77. The van der Waals surface area contributed by atoms with E-state index in [0.29, 0.717) is 0 Å². The fourth-order valence-electron chi connectivity index (χ4n) is 1.62. The molecule has 1 rings (SSSR count). The standard InChI is InChI=1S/C15H18S/c1-5-6-7-11(2)13(4)15-9-8-14(16)10-12(15)3/h5-10,16H,1H2,2-4H3/b7-6-,13-11+. The van der Waals surface area contributed by atoms with E-state index in [9.17, 15) is 0 Å². The molecule has 1 aromatic rings. The Kier molecular flexibility index (Phi) is 4.63. The van der Waals surface area contributed by atoms with Crippen LogP contribution in [0.25, 0.3) is 5.57 Å². The first kappa shape index (κ1) is 12.9. The third-order valence-electron chi connectivity index (χ3n) is 2.69. The normalized spacial score (nSPS) is 12.8. The zero-order chi connectivity index (χ0) is 12.1. The van der Waals surface area contributed by atoms with Gasteiger partial charge in [0.2, 0.25) is 0 Å². The molecule has 84 valence electrons. The van der Waals surface area contributed by atoms with Crippen LogP contribution in [0.2, 0.25) is 0 Å². The Morgan fingerprint density at radius 2 is 2.00 bits per heavy atom. The summed E-state index contributed by atoms with van der Waals surface area (Å²) in [6, 6.07) is 6.24. The SMILES string of the molecule is C=C/C=C\C(C)=C(/C)c1ccc(S)cc1C. The lowest BCUT2D eigenvalue weighted by molar-refractivity contribution is 1.32. The van der Waals surface area contributed by atoms with Gasteiger partial charge in [-0.25, -0.2) is 0 Å². The lowest BCUT2D eigenvalue weighted by atomic mass is 9.98. The Morgan fingerprint density at radius 3 is 2.56 bits per heavy atom. The summed E-state index contributed by atoms with van der Waals surface area (Å²) in [6.45, 7) is 10.0. The van der Waals surface area contributed by atoms with Gasteiger partial charge >= 0.3 is 0 Å². The Bertz CT molecular complexity index is 451. The Hall–Kier alpha value is -1.21. The van der Waals surface area contributed by atoms with Gasteiger partial charge in [0, 0.05) is 4.90 Å². The Balaban J connectivity index is 3.17. The minimum Gasteiger partial charge on any atom is -0.143 e. The maximum absolute atomic E-state index is 4.33. The van der Waals surface area contributed by atoms with Crippen LogP contribution in [0.1, 0.15) is 25.0 Å². The molecule has 0 aliphatic heterocycles. The molecule has 0 bridgehead atoms. The number of hydrogen-bond acceptors (Lipinski definition) is 1. The highest BCUT2D eigenvalue weighted by atomic mass is 32.1. The van der Waals surface area contributed by atoms with Gasteiger partial charge in [0.25, 0.3) is 0 Å². The second-order valence-corrected chi connectivity index (χ2v) is 4.42. The van der Waals surface area contributed by atoms with Crippen molar-refractivity contribution in [3.8, 4) is 0 Å². The van der Waals surface area contributed by atoms with Gasteiger partial charge in [-0.2, -0.15) is 0 Å². The van der Waals surface area contributed by atoms with E-state index in [1.165, 1.54) is 22.3 Å². The Morgan fingerprint density at radius 1 is 1.31 bits per heavy atom. The van der Waals surface area contributed by atoms with Gasteiger partial charge in [-0.1, -0.05) is 30.9 Å². The van der Waals surface area contributed by atoms with E-state index < -0.39 is 0 Å². The van der Waals surface area contributed by atoms with Crippen LogP contribution >= 0.6 is 12.6 Å². The van der Waals surface area contributed by atoms with Crippen LogP contribution in [0, 0.1) is 6.92 Å². The van der Waals surface area contributed by atoms with Gasteiger partial charge in [-0.15, -0.1) is 12.6 Å². The molecule has 0 spiro atoms. The van der Waals surface area contributed by atoms with E-state index in [0.717, 1.165) is 4.90 Å². The van der Waals surface area contributed by atoms with Crippen LogP contribution in [-0.2, 0) is 0 Å². The van der Waals surface area contributed by atoms with Crippen molar-refractivity contribution in [2.45, 2.75) is 25.7 Å². The number of hydrogen-bond donors (Lipinski definition) is 1. The van der Waals surface area contributed by atoms with E-state index >= 15 is 0 Å². The predicted molar refractivity (Wildman–Crippen MR) is 76.0 cm³/mol. The molecule has 0 atom stereocenters. The van der Waals surface area contributed by atoms with Crippen molar-refractivity contribution in [2.24, 2.45) is 0 Å². The molecule has 16 heavy (non-hydrogen) atoms. The molecule has 0 aliphatic carbocycles. The Labute approximate surface area is 104 Å².